The fraction of sp³-hybridized carbons (Fsp3) is 0.759. The SMILES string of the molecule is CB(O)N1CC(=O)CCC1C(=O)O.COC(=O)C1CCC(=O)CN1B(C)O.COC(=O)C1CCC(F)(F)CN1B(C)O.O=C1CCC(C(=O)O)NC1. The van der Waals surface area contributed by atoms with E-state index in [2.05, 4.69) is 14.8 Å². The Kier molecular flexibility index (Phi) is 19.8. The standard InChI is InChI=1S/C8H14BF2NO3.C8H14BNO4.C7H12BNO4.C6H9NO3/c1-9(14)12-5-8(10,11)4-3-6(12)7(13)15-2;1-9(13)10-5-6(11)3-4-7(10)8(12)14-2;1-8(13)9-4-5(10)2-3-6(9)7(11)12;8-4-1-2-5(6(9)10)7-3-4/h6,14H,3-5H2,1-2H3;7,13H,3-5H2,1-2H3;6,13H,2-4H2,1H3,(H,11,12);5,7H,1-3H2,(H,9,10). The van der Waals surface area contributed by atoms with Crippen LogP contribution in [0.4, 0.5) is 8.78 Å². The molecule has 0 bridgehead atoms. The Morgan fingerprint density at radius 1 is 0.692 bits per heavy atom. The minimum atomic E-state index is -2.85. The van der Waals surface area contributed by atoms with Crippen LogP contribution in [0.2, 0.25) is 20.5 Å². The van der Waals surface area contributed by atoms with Crippen LogP contribution in [-0.2, 0) is 43.0 Å². The highest BCUT2D eigenvalue weighted by Crippen LogP contribution is 2.31. The van der Waals surface area contributed by atoms with E-state index in [1.807, 2.05) is 0 Å². The number of ketones is 3. The fourth-order valence-corrected chi connectivity index (χ4v) is 5.85. The smallest absolute Gasteiger partial charge is 0.377 e. The number of aliphatic carboxylic acids is 2. The maximum Gasteiger partial charge on any atom is 0.377 e. The molecule has 4 aliphatic heterocycles. The lowest BCUT2D eigenvalue weighted by atomic mass is 9.79. The molecule has 4 fully saturated rings. The highest BCUT2D eigenvalue weighted by molar-refractivity contribution is 6.46. The van der Waals surface area contributed by atoms with Crippen molar-refractivity contribution in [1.29, 1.82) is 0 Å². The Morgan fingerprint density at radius 2 is 1.12 bits per heavy atom. The summed E-state index contributed by atoms with van der Waals surface area (Å²) in [6.07, 6.45) is 1.86. The number of alkyl halides is 2. The molecule has 4 saturated heterocycles. The average Bonchev–Trinajstić information content (AvgIpc) is 3.08. The molecule has 6 N–H and O–H groups in total. The summed E-state index contributed by atoms with van der Waals surface area (Å²) in [4.78, 5) is 80.1. The number of hydrogen-bond donors (Lipinski definition) is 6. The van der Waals surface area contributed by atoms with Gasteiger partial charge in [-0.2, -0.15) is 0 Å². The van der Waals surface area contributed by atoms with Gasteiger partial charge < -0.3 is 34.8 Å². The first kappa shape index (κ1) is 46.7. The van der Waals surface area contributed by atoms with Crippen molar-refractivity contribution in [3.8, 4) is 0 Å². The van der Waals surface area contributed by atoms with Crippen LogP contribution >= 0.6 is 0 Å². The number of nitrogens with one attached hydrogen (secondary N) is 1. The molecule has 4 atom stereocenters. The van der Waals surface area contributed by atoms with E-state index in [1.165, 1.54) is 44.3 Å². The second-order valence-corrected chi connectivity index (χ2v) is 12.7. The van der Waals surface area contributed by atoms with Crippen LogP contribution in [0.1, 0.15) is 51.4 Å². The molecule has 18 nitrogen and oxygen atoms in total. The van der Waals surface area contributed by atoms with Crippen molar-refractivity contribution in [2.75, 3.05) is 40.4 Å². The number of carbonyl (C=O) groups excluding carboxylic acids is 5. The third-order valence-electron chi connectivity index (χ3n) is 8.74. The van der Waals surface area contributed by atoms with Crippen LogP contribution in [0.25, 0.3) is 0 Å². The first-order valence-electron chi connectivity index (χ1n) is 16.7. The fourth-order valence-electron chi connectivity index (χ4n) is 5.85. The summed E-state index contributed by atoms with van der Waals surface area (Å²) in [6.45, 7) is 4.12. The second-order valence-electron chi connectivity index (χ2n) is 12.7. The topological polar surface area (TPSA) is 261 Å². The first-order valence-corrected chi connectivity index (χ1v) is 16.7. The number of esters is 2. The summed E-state index contributed by atoms with van der Waals surface area (Å²) >= 11 is 0. The van der Waals surface area contributed by atoms with Gasteiger partial charge in [0.2, 0.25) is 0 Å². The Bertz CT molecular complexity index is 1260. The molecule has 4 aliphatic rings. The molecule has 4 rings (SSSR count). The molecular formula is C29H49B3F2N4O14. The van der Waals surface area contributed by atoms with Crippen molar-refractivity contribution in [1.82, 2.24) is 19.7 Å². The molecule has 0 saturated carbocycles. The predicted octanol–water partition coefficient (Wildman–Crippen LogP) is -1.72. The molecule has 4 unspecified atom stereocenters. The minimum absolute atomic E-state index is 0.00454. The van der Waals surface area contributed by atoms with Gasteiger partial charge in [-0.25, -0.2) is 8.78 Å². The van der Waals surface area contributed by atoms with Crippen LogP contribution < -0.4 is 5.32 Å². The number of Topliss-reactive ketones (excluding diaryl/α,β-unsaturated/α-hetero) is 3. The molecule has 292 valence electrons. The summed E-state index contributed by atoms with van der Waals surface area (Å²) in [7, 11) is -0.261. The quantitative estimate of drug-likeness (QED) is 0.125. The molecule has 0 aliphatic carbocycles. The minimum Gasteiger partial charge on any atom is -0.480 e. The summed E-state index contributed by atoms with van der Waals surface area (Å²) < 4.78 is 35.2. The maximum absolute atomic E-state index is 13.1. The molecule has 0 amide bonds. The highest BCUT2D eigenvalue weighted by Gasteiger charge is 2.45. The summed E-state index contributed by atoms with van der Waals surface area (Å²) in [6, 6.07) is -2.50. The third kappa shape index (κ3) is 15.3. The molecule has 0 spiro atoms. The molecule has 0 aromatic rings. The van der Waals surface area contributed by atoms with Crippen molar-refractivity contribution in [3.63, 3.8) is 0 Å². The number of halogens is 2. The first-order chi connectivity index (χ1) is 24.1. The van der Waals surface area contributed by atoms with Gasteiger partial charge in [0.25, 0.3) is 5.92 Å². The van der Waals surface area contributed by atoms with Gasteiger partial charge in [-0.15, -0.1) is 0 Å². The number of nitrogens with zero attached hydrogens (tertiary/aromatic N) is 3. The van der Waals surface area contributed by atoms with Gasteiger partial charge in [0, 0.05) is 38.8 Å². The molecule has 0 aromatic carbocycles. The lowest BCUT2D eigenvalue weighted by Gasteiger charge is -2.38. The summed E-state index contributed by atoms with van der Waals surface area (Å²) in [5, 5.41) is 47.8. The van der Waals surface area contributed by atoms with E-state index < -0.39 is 81.7 Å². The van der Waals surface area contributed by atoms with E-state index in [9.17, 15) is 57.4 Å². The van der Waals surface area contributed by atoms with E-state index >= 15 is 0 Å². The normalized spacial score (nSPS) is 25.0. The second kappa shape index (κ2) is 22.0. The summed E-state index contributed by atoms with van der Waals surface area (Å²) in [5.41, 5.74) is 0. The zero-order valence-corrected chi connectivity index (χ0v) is 30.0. The Morgan fingerprint density at radius 3 is 1.50 bits per heavy atom. The van der Waals surface area contributed by atoms with Crippen molar-refractivity contribution in [2.24, 2.45) is 0 Å². The number of piperidine rings is 4. The molecule has 0 aromatic heterocycles. The number of rotatable bonds is 7. The third-order valence-corrected chi connectivity index (χ3v) is 8.74. The zero-order chi connectivity index (χ0) is 39.9. The maximum atomic E-state index is 13.1. The van der Waals surface area contributed by atoms with Gasteiger partial charge in [-0.1, -0.05) is 0 Å². The van der Waals surface area contributed by atoms with Gasteiger partial charge in [-0.05, 0) is 46.2 Å². The van der Waals surface area contributed by atoms with Gasteiger partial charge in [-0.3, -0.25) is 53.3 Å². The van der Waals surface area contributed by atoms with E-state index in [0.717, 1.165) is 4.81 Å². The number of carboxylic acid groups (broad SMARTS) is 2. The number of carbonyl (C=O) groups is 7. The monoisotopic (exact) mass is 748 g/mol. The molecular weight excluding hydrogens is 699 g/mol. The average molecular weight is 748 g/mol. The molecule has 52 heavy (non-hydrogen) atoms. The van der Waals surface area contributed by atoms with E-state index in [1.54, 1.807) is 0 Å². The van der Waals surface area contributed by atoms with Crippen LogP contribution in [0, 0.1) is 0 Å². The van der Waals surface area contributed by atoms with Gasteiger partial charge in [0.05, 0.1) is 27.3 Å². The molecule has 23 heteroatoms. The van der Waals surface area contributed by atoms with Crippen LogP contribution in [-0.4, -0.2) is 173 Å². The van der Waals surface area contributed by atoms with Crippen LogP contribution in [0.15, 0.2) is 0 Å². The predicted molar refractivity (Wildman–Crippen MR) is 181 cm³/mol. The van der Waals surface area contributed by atoms with Gasteiger partial charge in [0.1, 0.15) is 41.5 Å². The molecule has 0 radical (unpaired) electrons. The molecule has 4 heterocycles. The lowest BCUT2D eigenvalue weighted by molar-refractivity contribution is -0.151. The summed E-state index contributed by atoms with van der Waals surface area (Å²) in [5.74, 6) is -5.53. The number of carboxylic acids is 2. The van der Waals surface area contributed by atoms with Crippen LogP contribution in [0.3, 0.4) is 0 Å². The van der Waals surface area contributed by atoms with Gasteiger partial charge in [0.15, 0.2) is 0 Å². The number of hydrogen-bond acceptors (Lipinski definition) is 16. The van der Waals surface area contributed by atoms with Gasteiger partial charge >= 0.3 is 45.0 Å². The van der Waals surface area contributed by atoms with Crippen molar-refractivity contribution in [2.45, 2.75) is 102 Å². The van der Waals surface area contributed by atoms with Crippen molar-refractivity contribution in [3.05, 3.63) is 0 Å². The largest absolute Gasteiger partial charge is 0.480 e. The van der Waals surface area contributed by atoms with E-state index in [-0.39, 0.29) is 49.8 Å². The Balaban J connectivity index is 0.000000350. The van der Waals surface area contributed by atoms with E-state index in [0.29, 0.717) is 38.5 Å². The Labute approximate surface area is 301 Å². The highest BCUT2D eigenvalue weighted by atomic mass is 19.3. The zero-order valence-electron chi connectivity index (χ0n) is 30.0. The number of methoxy groups -OCH3 is 2. The lowest BCUT2D eigenvalue weighted by Crippen LogP contribution is -2.57. The number of ether oxygens (including phenoxy) is 2. The Hall–Kier alpha value is -3.34. The van der Waals surface area contributed by atoms with Crippen molar-refractivity contribution < 1.29 is 77.1 Å². The van der Waals surface area contributed by atoms with E-state index in [4.69, 9.17) is 10.2 Å². The van der Waals surface area contributed by atoms with Crippen molar-refractivity contribution >= 4 is 62.4 Å². The van der Waals surface area contributed by atoms with Crippen LogP contribution in [0.5, 0.6) is 0 Å².